The maximum absolute atomic E-state index is 11.8. The predicted octanol–water partition coefficient (Wildman–Crippen LogP) is 2.00. The van der Waals surface area contributed by atoms with Gasteiger partial charge in [0, 0.05) is 18.3 Å². The molecule has 6 heteroatoms. The van der Waals surface area contributed by atoms with Gasteiger partial charge in [0.05, 0.1) is 12.2 Å². The van der Waals surface area contributed by atoms with E-state index in [1.807, 2.05) is 13.8 Å². The van der Waals surface area contributed by atoms with Gasteiger partial charge in [-0.2, -0.15) is 0 Å². The molecule has 0 aliphatic carbocycles. The topological polar surface area (TPSA) is 87.7 Å². The number of benzene rings is 1. The highest BCUT2D eigenvalue weighted by Crippen LogP contribution is 2.11. The zero-order valence-corrected chi connectivity index (χ0v) is 12.6. The molecule has 2 amide bonds. The van der Waals surface area contributed by atoms with Crippen molar-refractivity contribution in [2.45, 2.75) is 26.8 Å². The van der Waals surface area contributed by atoms with Crippen LogP contribution in [0.3, 0.4) is 0 Å². The number of aliphatic hydroxyl groups is 1. The van der Waals surface area contributed by atoms with E-state index < -0.39 is 0 Å². The van der Waals surface area contributed by atoms with Crippen molar-refractivity contribution in [3.05, 3.63) is 29.8 Å². The van der Waals surface area contributed by atoms with Crippen LogP contribution in [0.5, 0.6) is 0 Å². The van der Waals surface area contributed by atoms with Crippen LogP contribution in [-0.4, -0.2) is 36.4 Å². The number of carbonyl (C=O) groups is 2. The van der Waals surface area contributed by atoms with E-state index in [0.717, 1.165) is 0 Å². The first-order valence-electron chi connectivity index (χ1n) is 6.93. The highest BCUT2D eigenvalue weighted by Gasteiger charge is 2.14. The minimum absolute atomic E-state index is 0.00961. The molecule has 0 spiro atoms. The normalized spacial score (nSPS) is 13.1. The highest BCUT2D eigenvalue weighted by molar-refractivity contribution is 5.92. The molecule has 0 aliphatic heterocycles. The molecule has 0 bridgehead atoms. The summed E-state index contributed by atoms with van der Waals surface area (Å²) in [5, 5.41) is 14.4. The maximum atomic E-state index is 11.8. The number of aliphatic hydroxyl groups excluding tert-OH is 1. The van der Waals surface area contributed by atoms with Gasteiger partial charge >= 0.3 is 12.0 Å². The summed E-state index contributed by atoms with van der Waals surface area (Å²) in [7, 11) is 0. The van der Waals surface area contributed by atoms with Gasteiger partial charge in [0.25, 0.3) is 0 Å². The monoisotopic (exact) mass is 294 g/mol. The van der Waals surface area contributed by atoms with Gasteiger partial charge < -0.3 is 20.5 Å². The van der Waals surface area contributed by atoms with Crippen molar-refractivity contribution in [1.29, 1.82) is 0 Å². The van der Waals surface area contributed by atoms with Crippen LogP contribution < -0.4 is 10.6 Å². The molecule has 0 saturated heterocycles. The van der Waals surface area contributed by atoms with Crippen molar-refractivity contribution >= 4 is 17.7 Å². The van der Waals surface area contributed by atoms with E-state index in [9.17, 15) is 9.59 Å². The van der Waals surface area contributed by atoms with Crippen LogP contribution in [0.25, 0.3) is 0 Å². The van der Waals surface area contributed by atoms with Crippen molar-refractivity contribution in [3.63, 3.8) is 0 Å². The second kappa shape index (κ2) is 8.26. The lowest BCUT2D eigenvalue weighted by atomic mass is 10.1. The molecule has 0 aliphatic rings. The van der Waals surface area contributed by atoms with E-state index in [1.165, 1.54) is 0 Å². The SMILES string of the molecule is CCOC(=O)c1ccc(NC(=O)NC(C)C(C)CO)cc1. The van der Waals surface area contributed by atoms with Crippen molar-refractivity contribution < 1.29 is 19.4 Å². The number of esters is 1. The summed E-state index contributed by atoms with van der Waals surface area (Å²) in [5.74, 6) is -0.416. The van der Waals surface area contributed by atoms with Crippen LogP contribution in [0.2, 0.25) is 0 Å². The van der Waals surface area contributed by atoms with E-state index in [0.29, 0.717) is 17.9 Å². The summed E-state index contributed by atoms with van der Waals surface area (Å²) in [6.07, 6.45) is 0. The van der Waals surface area contributed by atoms with Crippen molar-refractivity contribution in [3.8, 4) is 0 Å². The fourth-order valence-electron chi connectivity index (χ4n) is 1.58. The van der Waals surface area contributed by atoms with Crippen LogP contribution in [-0.2, 0) is 4.74 Å². The van der Waals surface area contributed by atoms with Gasteiger partial charge in [0.1, 0.15) is 0 Å². The van der Waals surface area contributed by atoms with E-state index >= 15 is 0 Å². The summed E-state index contributed by atoms with van der Waals surface area (Å²) in [6.45, 7) is 5.74. The molecule has 21 heavy (non-hydrogen) atoms. The molecule has 0 heterocycles. The number of urea groups is 1. The number of amides is 2. The molecule has 1 aromatic carbocycles. The van der Waals surface area contributed by atoms with Crippen LogP contribution in [0.4, 0.5) is 10.5 Å². The molecule has 0 fully saturated rings. The first-order valence-corrected chi connectivity index (χ1v) is 6.93. The second-order valence-electron chi connectivity index (χ2n) is 4.84. The lowest BCUT2D eigenvalue weighted by Crippen LogP contribution is -2.40. The van der Waals surface area contributed by atoms with Gasteiger partial charge in [0.2, 0.25) is 0 Å². The molecule has 0 radical (unpaired) electrons. The summed E-state index contributed by atoms with van der Waals surface area (Å²) >= 11 is 0. The third-order valence-corrected chi connectivity index (χ3v) is 3.15. The van der Waals surface area contributed by atoms with Crippen LogP contribution in [0, 0.1) is 5.92 Å². The average molecular weight is 294 g/mol. The van der Waals surface area contributed by atoms with Crippen molar-refractivity contribution in [2.24, 2.45) is 5.92 Å². The van der Waals surface area contributed by atoms with E-state index in [-0.39, 0.29) is 30.6 Å². The van der Waals surface area contributed by atoms with E-state index in [2.05, 4.69) is 10.6 Å². The molecule has 1 aromatic rings. The van der Waals surface area contributed by atoms with Gasteiger partial charge in [-0.15, -0.1) is 0 Å². The molecular weight excluding hydrogens is 272 g/mol. The molecule has 2 atom stereocenters. The molecule has 2 unspecified atom stereocenters. The van der Waals surface area contributed by atoms with Crippen LogP contribution in [0.1, 0.15) is 31.1 Å². The van der Waals surface area contributed by atoms with E-state index in [1.54, 1.807) is 31.2 Å². The Kier molecular flexibility index (Phi) is 6.68. The molecule has 3 N–H and O–H groups in total. The first-order chi connectivity index (χ1) is 9.97. The number of nitrogens with one attached hydrogen (secondary N) is 2. The number of hydrogen-bond acceptors (Lipinski definition) is 4. The predicted molar refractivity (Wildman–Crippen MR) is 80.3 cm³/mol. The highest BCUT2D eigenvalue weighted by atomic mass is 16.5. The summed E-state index contributed by atoms with van der Waals surface area (Å²) in [6, 6.07) is 5.94. The Balaban J connectivity index is 2.55. The summed E-state index contributed by atoms with van der Waals surface area (Å²) < 4.78 is 4.88. The molecule has 116 valence electrons. The first kappa shape index (κ1) is 17.0. The summed E-state index contributed by atoms with van der Waals surface area (Å²) in [4.78, 5) is 23.3. The summed E-state index contributed by atoms with van der Waals surface area (Å²) in [5.41, 5.74) is 1.01. The van der Waals surface area contributed by atoms with Gasteiger partial charge in [-0.25, -0.2) is 9.59 Å². The maximum Gasteiger partial charge on any atom is 0.338 e. The fraction of sp³-hybridized carbons (Fsp3) is 0.467. The minimum Gasteiger partial charge on any atom is -0.462 e. The largest absolute Gasteiger partial charge is 0.462 e. The van der Waals surface area contributed by atoms with Gasteiger partial charge in [0.15, 0.2) is 0 Å². The lowest BCUT2D eigenvalue weighted by molar-refractivity contribution is 0.0526. The number of rotatable bonds is 6. The van der Waals surface area contributed by atoms with Gasteiger partial charge in [-0.05, 0) is 44.0 Å². The van der Waals surface area contributed by atoms with Crippen molar-refractivity contribution in [1.82, 2.24) is 5.32 Å². The molecule has 0 aromatic heterocycles. The Bertz CT molecular complexity index is 473. The zero-order chi connectivity index (χ0) is 15.8. The Morgan fingerprint density at radius 3 is 2.38 bits per heavy atom. The number of ether oxygens (including phenoxy) is 1. The van der Waals surface area contributed by atoms with Crippen molar-refractivity contribution in [2.75, 3.05) is 18.5 Å². The van der Waals surface area contributed by atoms with E-state index in [4.69, 9.17) is 9.84 Å². The standard InChI is InChI=1S/C15H22N2O4/c1-4-21-14(19)12-5-7-13(8-6-12)17-15(20)16-11(3)10(2)9-18/h5-8,10-11,18H,4,9H2,1-3H3,(H2,16,17,20). The third kappa shape index (κ3) is 5.43. The Labute approximate surface area is 124 Å². The zero-order valence-electron chi connectivity index (χ0n) is 12.6. The lowest BCUT2D eigenvalue weighted by Gasteiger charge is -2.19. The van der Waals surface area contributed by atoms with Gasteiger partial charge in [-0.1, -0.05) is 6.92 Å². The Morgan fingerprint density at radius 1 is 1.24 bits per heavy atom. The molecule has 1 rings (SSSR count). The minimum atomic E-state index is -0.390. The molecular formula is C15H22N2O4. The van der Waals surface area contributed by atoms with Crippen LogP contribution >= 0.6 is 0 Å². The van der Waals surface area contributed by atoms with Crippen LogP contribution in [0.15, 0.2) is 24.3 Å². The number of hydrogen-bond donors (Lipinski definition) is 3. The third-order valence-electron chi connectivity index (χ3n) is 3.15. The quantitative estimate of drug-likeness (QED) is 0.700. The van der Waals surface area contributed by atoms with Gasteiger partial charge in [-0.3, -0.25) is 0 Å². The Morgan fingerprint density at radius 2 is 1.86 bits per heavy atom. The average Bonchev–Trinajstić information content (AvgIpc) is 2.47. The molecule has 6 nitrogen and oxygen atoms in total. The smallest absolute Gasteiger partial charge is 0.338 e. The fourth-order valence-corrected chi connectivity index (χ4v) is 1.58. The Hall–Kier alpha value is -2.08. The number of anilines is 1. The second-order valence-corrected chi connectivity index (χ2v) is 4.84. The molecule has 0 saturated carbocycles. The number of carbonyl (C=O) groups excluding carboxylic acids is 2.